The molecule has 2 fully saturated rings. The summed E-state index contributed by atoms with van der Waals surface area (Å²) in [7, 11) is 0. The van der Waals surface area contributed by atoms with E-state index in [0.29, 0.717) is 24.6 Å². The van der Waals surface area contributed by atoms with Gasteiger partial charge in [-0.2, -0.15) is 0 Å². The molecule has 1 spiro atoms. The Morgan fingerprint density at radius 1 is 1.33 bits per heavy atom. The molecule has 5 nitrogen and oxygen atoms in total. The standard InChI is InChI=1S/C15H20N2O3S/c16-13(18)12-15(5-8-20-9-6-15)4-2-7-17(12)14(19)11-3-1-10-21-11/h1,3,10,12H,2,4-9H2,(H2,16,18). The van der Waals surface area contributed by atoms with Crippen LogP contribution >= 0.6 is 11.3 Å². The average Bonchev–Trinajstić information content (AvgIpc) is 3.01. The van der Waals surface area contributed by atoms with Crippen LogP contribution in [0.2, 0.25) is 0 Å². The molecule has 3 heterocycles. The van der Waals surface area contributed by atoms with Crippen molar-refractivity contribution in [1.29, 1.82) is 0 Å². The molecule has 0 bridgehead atoms. The molecule has 0 aliphatic carbocycles. The highest BCUT2D eigenvalue weighted by Gasteiger charge is 2.50. The van der Waals surface area contributed by atoms with Gasteiger partial charge in [0, 0.05) is 25.2 Å². The van der Waals surface area contributed by atoms with E-state index in [0.717, 1.165) is 25.7 Å². The summed E-state index contributed by atoms with van der Waals surface area (Å²) in [6.07, 6.45) is 3.46. The molecule has 2 saturated heterocycles. The van der Waals surface area contributed by atoms with Crippen molar-refractivity contribution < 1.29 is 14.3 Å². The Labute approximate surface area is 128 Å². The lowest BCUT2D eigenvalue weighted by Crippen LogP contribution is -2.61. The van der Waals surface area contributed by atoms with Gasteiger partial charge in [-0.25, -0.2) is 0 Å². The Hall–Kier alpha value is -1.40. The smallest absolute Gasteiger partial charge is 0.264 e. The predicted molar refractivity (Wildman–Crippen MR) is 80.1 cm³/mol. The van der Waals surface area contributed by atoms with E-state index in [2.05, 4.69) is 0 Å². The van der Waals surface area contributed by atoms with Crippen LogP contribution in [-0.4, -0.2) is 42.5 Å². The zero-order valence-corrected chi connectivity index (χ0v) is 12.7. The van der Waals surface area contributed by atoms with Gasteiger partial charge in [0.1, 0.15) is 6.04 Å². The van der Waals surface area contributed by atoms with E-state index in [1.54, 1.807) is 11.0 Å². The maximum absolute atomic E-state index is 12.7. The molecule has 2 N–H and O–H groups in total. The Balaban J connectivity index is 1.92. The molecule has 1 aromatic rings. The highest BCUT2D eigenvalue weighted by Crippen LogP contribution is 2.44. The second kappa shape index (κ2) is 5.77. The van der Waals surface area contributed by atoms with Gasteiger partial charge in [-0.3, -0.25) is 9.59 Å². The van der Waals surface area contributed by atoms with Crippen LogP contribution in [0.5, 0.6) is 0 Å². The number of carbonyl (C=O) groups excluding carboxylic acids is 2. The number of piperidine rings is 1. The molecule has 6 heteroatoms. The summed E-state index contributed by atoms with van der Waals surface area (Å²) in [6.45, 7) is 1.89. The Bertz CT molecular complexity index is 518. The van der Waals surface area contributed by atoms with E-state index >= 15 is 0 Å². The van der Waals surface area contributed by atoms with Gasteiger partial charge in [0.15, 0.2) is 0 Å². The average molecular weight is 308 g/mol. The van der Waals surface area contributed by atoms with Crippen LogP contribution in [0, 0.1) is 5.41 Å². The van der Waals surface area contributed by atoms with E-state index in [4.69, 9.17) is 10.5 Å². The molecule has 1 atom stereocenters. The van der Waals surface area contributed by atoms with Crippen molar-refractivity contribution in [2.75, 3.05) is 19.8 Å². The third-order valence-electron chi connectivity index (χ3n) is 4.72. The fraction of sp³-hybridized carbons (Fsp3) is 0.600. The first-order valence-electron chi connectivity index (χ1n) is 7.36. The van der Waals surface area contributed by atoms with Crippen molar-refractivity contribution in [2.45, 2.75) is 31.7 Å². The highest BCUT2D eigenvalue weighted by atomic mass is 32.1. The molecule has 1 unspecified atom stereocenters. The maximum Gasteiger partial charge on any atom is 0.264 e. The number of primary amides is 1. The molecule has 2 aliphatic rings. The molecule has 114 valence electrons. The van der Waals surface area contributed by atoms with Crippen molar-refractivity contribution in [3.8, 4) is 0 Å². The number of hydrogen-bond acceptors (Lipinski definition) is 4. The van der Waals surface area contributed by atoms with Crippen molar-refractivity contribution in [2.24, 2.45) is 11.1 Å². The van der Waals surface area contributed by atoms with Crippen LogP contribution in [-0.2, 0) is 9.53 Å². The van der Waals surface area contributed by atoms with E-state index in [9.17, 15) is 9.59 Å². The number of likely N-dealkylation sites (tertiary alicyclic amines) is 1. The van der Waals surface area contributed by atoms with E-state index < -0.39 is 6.04 Å². The van der Waals surface area contributed by atoms with Crippen LogP contribution in [0.1, 0.15) is 35.4 Å². The molecule has 21 heavy (non-hydrogen) atoms. The molecule has 3 rings (SSSR count). The van der Waals surface area contributed by atoms with Crippen LogP contribution in [0.25, 0.3) is 0 Å². The summed E-state index contributed by atoms with van der Waals surface area (Å²) < 4.78 is 5.44. The fourth-order valence-electron chi connectivity index (χ4n) is 3.72. The minimum Gasteiger partial charge on any atom is -0.381 e. The number of hydrogen-bond donors (Lipinski definition) is 1. The van der Waals surface area contributed by atoms with Crippen LogP contribution in [0.4, 0.5) is 0 Å². The summed E-state index contributed by atoms with van der Waals surface area (Å²) in [5, 5.41) is 1.88. The number of amides is 2. The van der Waals surface area contributed by atoms with E-state index in [1.165, 1.54) is 11.3 Å². The van der Waals surface area contributed by atoms with E-state index in [1.807, 2.05) is 11.4 Å². The SMILES string of the molecule is NC(=O)C1N(C(=O)c2cccs2)CCCC12CCOCC2. The largest absolute Gasteiger partial charge is 0.381 e. The topological polar surface area (TPSA) is 72.6 Å². The van der Waals surface area contributed by atoms with E-state index in [-0.39, 0.29) is 17.2 Å². The maximum atomic E-state index is 12.7. The first-order valence-corrected chi connectivity index (χ1v) is 8.24. The third kappa shape index (κ3) is 2.58. The molecule has 2 amide bonds. The highest BCUT2D eigenvalue weighted by molar-refractivity contribution is 7.12. The van der Waals surface area contributed by atoms with Gasteiger partial charge in [0.2, 0.25) is 5.91 Å². The molecule has 0 radical (unpaired) electrons. The molecular formula is C15H20N2O3S. The Kier molecular flexibility index (Phi) is 3.99. The first-order chi connectivity index (χ1) is 10.1. The summed E-state index contributed by atoms with van der Waals surface area (Å²) in [5.41, 5.74) is 5.48. The quantitative estimate of drug-likeness (QED) is 0.902. The summed E-state index contributed by atoms with van der Waals surface area (Å²) in [6, 6.07) is 3.14. The van der Waals surface area contributed by atoms with Crippen molar-refractivity contribution in [1.82, 2.24) is 4.90 Å². The minimum absolute atomic E-state index is 0.0700. The number of ether oxygens (including phenoxy) is 1. The van der Waals surface area contributed by atoms with Gasteiger partial charge < -0.3 is 15.4 Å². The molecule has 0 saturated carbocycles. The zero-order valence-electron chi connectivity index (χ0n) is 11.9. The lowest BCUT2D eigenvalue weighted by Gasteiger charge is -2.50. The lowest BCUT2D eigenvalue weighted by molar-refractivity contribution is -0.134. The number of thiophene rings is 1. The number of nitrogens with zero attached hydrogens (tertiary/aromatic N) is 1. The van der Waals surface area contributed by atoms with Crippen molar-refractivity contribution in [3.63, 3.8) is 0 Å². The number of carbonyl (C=O) groups is 2. The number of rotatable bonds is 2. The summed E-state index contributed by atoms with van der Waals surface area (Å²) in [4.78, 5) is 27.2. The van der Waals surface area contributed by atoms with Crippen molar-refractivity contribution in [3.05, 3.63) is 22.4 Å². The van der Waals surface area contributed by atoms with Crippen molar-refractivity contribution >= 4 is 23.2 Å². The van der Waals surface area contributed by atoms with Crippen LogP contribution in [0.3, 0.4) is 0 Å². The third-order valence-corrected chi connectivity index (χ3v) is 5.57. The molecule has 0 aromatic carbocycles. The Morgan fingerprint density at radius 2 is 2.10 bits per heavy atom. The zero-order chi connectivity index (χ0) is 14.9. The lowest BCUT2D eigenvalue weighted by atomic mass is 9.67. The predicted octanol–water partition coefficient (Wildman–Crippen LogP) is 1.63. The second-order valence-corrected chi connectivity index (χ2v) is 6.81. The van der Waals surface area contributed by atoms with Gasteiger partial charge in [-0.05, 0) is 37.1 Å². The number of nitrogens with two attached hydrogens (primary N) is 1. The fourth-order valence-corrected chi connectivity index (χ4v) is 4.39. The molecule has 1 aromatic heterocycles. The molecular weight excluding hydrogens is 288 g/mol. The normalized spacial score (nSPS) is 25.0. The summed E-state index contributed by atoms with van der Waals surface area (Å²) in [5.74, 6) is -0.458. The van der Waals surface area contributed by atoms with Gasteiger partial charge >= 0.3 is 0 Å². The first kappa shape index (κ1) is 14.5. The Morgan fingerprint density at radius 3 is 2.71 bits per heavy atom. The second-order valence-electron chi connectivity index (χ2n) is 5.86. The summed E-state index contributed by atoms with van der Waals surface area (Å²) >= 11 is 1.41. The van der Waals surface area contributed by atoms with Gasteiger partial charge in [-0.1, -0.05) is 6.07 Å². The minimum atomic E-state index is -0.509. The monoisotopic (exact) mass is 308 g/mol. The van der Waals surface area contributed by atoms with Gasteiger partial charge in [-0.15, -0.1) is 11.3 Å². The van der Waals surface area contributed by atoms with Gasteiger partial charge in [0.25, 0.3) is 5.91 Å². The molecule has 2 aliphatic heterocycles. The van der Waals surface area contributed by atoms with Crippen LogP contribution in [0.15, 0.2) is 17.5 Å². The van der Waals surface area contributed by atoms with Gasteiger partial charge in [0.05, 0.1) is 4.88 Å². The van der Waals surface area contributed by atoms with Crippen LogP contribution < -0.4 is 5.73 Å².